The van der Waals surface area contributed by atoms with Crippen LogP contribution >= 0.6 is 0 Å². The van der Waals surface area contributed by atoms with Crippen LogP contribution in [-0.4, -0.2) is 61.8 Å². The van der Waals surface area contributed by atoms with E-state index in [1.165, 1.54) is 22.7 Å². The lowest BCUT2D eigenvalue weighted by Gasteiger charge is -2.27. The van der Waals surface area contributed by atoms with E-state index in [-0.39, 0.29) is 29.6 Å². The molecule has 48 heavy (non-hydrogen) atoms. The van der Waals surface area contributed by atoms with Crippen LogP contribution in [0.3, 0.4) is 0 Å². The van der Waals surface area contributed by atoms with E-state index < -0.39 is 17.9 Å². The highest BCUT2D eigenvalue weighted by Gasteiger charge is 2.27. The molecular weight excluding hydrogens is 615 g/mol. The minimum atomic E-state index is -1.65. The van der Waals surface area contributed by atoms with Crippen LogP contribution in [0.15, 0.2) is 60.9 Å². The zero-order valence-electron chi connectivity index (χ0n) is 28.1. The molecule has 2 aromatic carbocycles. The van der Waals surface area contributed by atoms with Gasteiger partial charge in [0.05, 0.1) is 34.3 Å². The predicted octanol–water partition coefficient (Wildman–Crippen LogP) is 6.78. The highest BCUT2D eigenvalue weighted by Crippen LogP contribution is 2.40. The molecule has 0 saturated heterocycles. The third kappa shape index (κ3) is 7.76. The molecule has 254 valence electrons. The second-order valence-electron chi connectivity index (χ2n) is 12.1. The van der Waals surface area contributed by atoms with Crippen LogP contribution in [0, 0.1) is 0 Å². The summed E-state index contributed by atoms with van der Waals surface area (Å²) in [6.45, 7) is 5.22. The number of carbonyl (C=O) groups is 2. The van der Waals surface area contributed by atoms with Crippen molar-refractivity contribution in [1.29, 1.82) is 0 Å². The first-order valence-corrected chi connectivity index (χ1v) is 16.3. The summed E-state index contributed by atoms with van der Waals surface area (Å²) in [6.07, 6.45) is 9.73. The molecule has 2 atom stereocenters. The summed E-state index contributed by atoms with van der Waals surface area (Å²) in [4.78, 5) is 27.7. The van der Waals surface area contributed by atoms with Gasteiger partial charge in [0.1, 0.15) is 29.5 Å². The maximum Gasteiger partial charge on any atom is 0.259 e. The molecule has 3 heterocycles. The number of nitrogens with zero attached hydrogens (tertiary/aromatic N) is 5. The Bertz CT molecular complexity index is 1790. The van der Waals surface area contributed by atoms with Gasteiger partial charge in [-0.1, -0.05) is 44.9 Å². The molecule has 0 bridgehead atoms. The first-order chi connectivity index (χ1) is 23.0. The van der Waals surface area contributed by atoms with Gasteiger partial charge in [-0.2, -0.15) is 10.2 Å². The lowest BCUT2D eigenvalue weighted by atomic mass is 9.86. The number of allylic oxidation sites excluding steroid dienone is 1. The number of hydrogen-bond acceptors (Lipinski definition) is 7. The van der Waals surface area contributed by atoms with Crippen LogP contribution in [0.5, 0.6) is 17.2 Å². The van der Waals surface area contributed by atoms with E-state index in [4.69, 9.17) is 9.47 Å². The van der Waals surface area contributed by atoms with Gasteiger partial charge in [-0.15, -0.1) is 0 Å². The normalized spacial score (nSPS) is 14.1. The Morgan fingerprint density at radius 3 is 2.69 bits per heavy atom. The summed E-state index contributed by atoms with van der Waals surface area (Å²) in [5.41, 5.74) is 1.86. The molecule has 12 heteroatoms. The molecule has 11 nitrogen and oxygen atoms in total. The van der Waals surface area contributed by atoms with Crippen molar-refractivity contribution in [3.8, 4) is 28.5 Å². The monoisotopic (exact) mass is 658 g/mol. The number of fused-ring (bicyclic) bond motifs is 1. The van der Waals surface area contributed by atoms with Crippen LogP contribution in [0.4, 0.5) is 10.1 Å². The number of anilines is 1. The second-order valence-corrected chi connectivity index (χ2v) is 12.1. The molecule has 1 aliphatic rings. The zero-order chi connectivity index (χ0) is 34.4. The van der Waals surface area contributed by atoms with Gasteiger partial charge in [0.15, 0.2) is 0 Å². The fourth-order valence-corrected chi connectivity index (χ4v) is 5.63. The smallest absolute Gasteiger partial charge is 0.259 e. The number of rotatable bonds is 14. The zero-order valence-corrected chi connectivity index (χ0v) is 28.1. The van der Waals surface area contributed by atoms with Crippen molar-refractivity contribution in [2.75, 3.05) is 19.4 Å². The Labute approximate surface area is 280 Å². The molecule has 0 radical (unpaired) electrons. The number of aromatic nitrogens is 4. The summed E-state index contributed by atoms with van der Waals surface area (Å²) >= 11 is 0. The van der Waals surface area contributed by atoms with Crippen molar-refractivity contribution in [1.82, 2.24) is 24.5 Å². The van der Waals surface area contributed by atoms with Gasteiger partial charge in [0.25, 0.3) is 5.91 Å². The van der Waals surface area contributed by atoms with Crippen LogP contribution in [-0.2, 0) is 23.4 Å². The molecule has 2 N–H and O–H groups in total. The van der Waals surface area contributed by atoms with Crippen molar-refractivity contribution < 1.29 is 28.6 Å². The number of amides is 2. The molecule has 5 rings (SSSR count). The maximum atomic E-state index is 14.3. The van der Waals surface area contributed by atoms with E-state index in [0.29, 0.717) is 41.9 Å². The Kier molecular flexibility index (Phi) is 10.6. The first-order valence-electron chi connectivity index (χ1n) is 16.3. The molecule has 2 aromatic heterocycles. The lowest BCUT2D eigenvalue weighted by Crippen LogP contribution is -2.26. The van der Waals surface area contributed by atoms with Crippen LogP contribution in [0.2, 0.25) is 0 Å². The van der Waals surface area contributed by atoms with Crippen molar-refractivity contribution in [3.05, 3.63) is 77.8 Å². The molecule has 2 amide bonds. The Hall–Kier alpha value is -4.97. The number of nitrogens with one attached hydrogen (secondary N) is 1. The van der Waals surface area contributed by atoms with Gasteiger partial charge >= 0.3 is 0 Å². The Morgan fingerprint density at radius 2 is 1.96 bits per heavy atom. The number of aliphatic hydroxyl groups is 1. The highest BCUT2D eigenvalue weighted by atomic mass is 19.1. The number of hydrogen-bond donors (Lipinski definition) is 2. The average molecular weight is 659 g/mol. The molecule has 1 aliphatic heterocycles. The highest BCUT2D eigenvalue weighted by molar-refractivity contribution is 6.07. The predicted molar refractivity (Wildman–Crippen MR) is 182 cm³/mol. The van der Waals surface area contributed by atoms with E-state index in [0.717, 1.165) is 30.5 Å². The molecule has 0 spiro atoms. The SMILES string of the molecule is CCCCC(O)(CC)c1cccc(Oc2ccc(OC(C)F)c(-c3nn(CC(=O)N(C)C)cc3NC(=O)c3cnn4c3CCC=C4)c2)c1. The summed E-state index contributed by atoms with van der Waals surface area (Å²) in [7, 11) is 3.28. The number of ether oxygens (including phenoxy) is 2. The van der Waals surface area contributed by atoms with Crippen molar-refractivity contribution >= 4 is 23.7 Å². The third-order valence-corrected chi connectivity index (χ3v) is 8.38. The van der Waals surface area contributed by atoms with Crippen molar-refractivity contribution in [2.24, 2.45) is 0 Å². The minimum Gasteiger partial charge on any atom is -0.460 e. The number of likely N-dealkylation sites (N-methyl/N-ethyl adjacent to an activating group) is 1. The van der Waals surface area contributed by atoms with E-state index in [1.807, 2.05) is 37.4 Å². The van der Waals surface area contributed by atoms with Gasteiger partial charge in [-0.3, -0.25) is 14.3 Å². The Balaban J connectivity index is 1.54. The molecule has 0 fully saturated rings. The van der Waals surface area contributed by atoms with E-state index in [9.17, 15) is 19.1 Å². The summed E-state index contributed by atoms with van der Waals surface area (Å²) in [5, 5.41) is 23.3. The van der Waals surface area contributed by atoms with Crippen molar-refractivity contribution in [2.45, 2.75) is 77.8 Å². The Morgan fingerprint density at radius 1 is 1.17 bits per heavy atom. The minimum absolute atomic E-state index is 0.0963. The average Bonchev–Trinajstić information content (AvgIpc) is 3.68. The maximum absolute atomic E-state index is 14.3. The molecule has 0 aliphatic carbocycles. The lowest BCUT2D eigenvalue weighted by molar-refractivity contribution is -0.129. The quantitative estimate of drug-likeness (QED) is 0.153. The fraction of sp³-hybridized carbons (Fsp3) is 0.389. The van der Waals surface area contributed by atoms with Gasteiger partial charge in [0.2, 0.25) is 12.3 Å². The number of halogens is 1. The van der Waals surface area contributed by atoms with E-state index in [2.05, 4.69) is 22.4 Å². The fourth-order valence-electron chi connectivity index (χ4n) is 5.63. The van der Waals surface area contributed by atoms with Crippen LogP contribution in [0.25, 0.3) is 17.5 Å². The van der Waals surface area contributed by atoms with Gasteiger partial charge < -0.3 is 24.8 Å². The second kappa shape index (κ2) is 14.8. The number of carbonyl (C=O) groups excluding carboxylic acids is 2. The summed E-state index contributed by atoms with van der Waals surface area (Å²) < 4.78 is 29.2. The summed E-state index contributed by atoms with van der Waals surface area (Å²) in [5.74, 6) is 0.451. The third-order valence-electron chi connectivity index (χ3n) is 8.38. The summed E-state index contributed by atoms with van der Waals surface area (Å²) in [6, 6.07) is 12.2. The number of unbranched alkanes of at least 4 members (excludes halogenated alkanes) is 1. The van der Waals surface area contributed by atoms with Crippen LogP contribution in [0.1, 0.15) is 74.5 Å². The van der Waals surface area contributed by atoms with E-state index >= 15 is 0 Å². The van der Waals surface area contributed by atoms with Gasteiger partial charge in [-0.25, -0.2) is 9.07 Å². The molecule has 2 unspecified atom stereocenters. The topological polar surface area (TPSA) is 124 Å². The standard InChI is InChI=1S/C36H43FN6O5/c1-6-8-17-36(46,7-2)25-12-11-13-26(19-25)48-27-15-16-32(47-24(3)37)28(20-27)34-30(22-42(40-34)23-33(44)41(4)5)39-35(45)29-21-38-43-18-10-9-14-31(29)43/h10-13,15-16,18-22,24,46H,6-9,14,17,23H2,1-5H3,(H,39,45). The van der Waals surface area contributed by atoms with E-state index in [1.54, 1.807) is 49.2 Å². The van der Waals surface area contributed by atoms with Crippen molar-refractivity contribution in [3.63, 3.8) is 0 Å². The van der Waals surface area contributed by atoms with Gasteiger partial charge in [0, 0.05) is 33.4 Å². The molecule has 4 aromatic rings. The number of alkyl halides is 1. The number of benzene rings is 2. The van der Waals surface area contributed by atoms with Gasteiger partial charge in [-0.05, 0) is 61.6 Å². The molecular formula is C36H43FN6O5. The largest absolute Gasteiger partial charge is 0.460 e. The first kappa shape index (κ1) is 34.4. The molecule has 0 saturated carbocycles. The van der Waals surface area contributed by atoms with Crippen LogP contribution < -0.4 is 14.8 Å².